The van der Waals surface area contributed by atoms with Crippen molar-refractivity contribution in [3.8, 4) is 0 Å². The largest absolute Gasteiger partial charge is 0.370 e. The van der Waals surface area contributed by atoms with Gasteiger partial charge in [-0.2, -0.15) is 0 Å². The van der Waals surface area contributed by atoms with Crippen LogP contribution in [0.1, 0.15) is 52.4 Å². The molecule has 1 aliphatic rings. The molecular weight excluding hydrogens is 415 g/mol. The second-order valence-corrected chi connectivity index (χ2v) is 7.59. The van der Waals surface area contributed by atoms with Gasteiger partial charge in [0.15, 0.2) is 5.96 Å². The number of nitrogens with zero attached hydrogens (tertiary/aromatic N) is 2. The molecule has 1 rings (SSSR count). The molecule has 1 saturated carbocycles. The van der Waals surface area contributed by atoms with Crippen LogP contribution in [-0.2, 0) is 10.0 Å². The highest BCUT2D eigenvalue weighted by Crippen LogP contribution is 2.16. The number of hydrogen-bond acceptors (Lipinski definition) is 3. The van der Waals surface area contributed by atoms with Gasteiger partial charge >= 0.3 is 0 Å². The standard InChI is InChI=1S/C14H30N4O2S.HI/c1-3-18(4-2)21(19,20)12-11-16-14(15)17-13-9-7-5-6-8-10-13;/h13H,3-12H2,1-2H3,(H3,15,16,17);1H. The molecule has 0 bridgehead atoms. The molecule has 1 aliphatic carbocycles. The fourth-order valence-electron chi connectivity index (χ4n) is 2.71. The van der Waals surface area contributed by atoms with Gasteiger partial charge in [0.1, 0.15) is 0 Å². The van der Waals surface area contributed by atoms with Crippen LogP contribution in [0.25, 0.3) is 0 Å². The van der Waals surface area contributed by atoms with Crippen molar-refractivity contribution < 1.29 is 8.42 Å². The SMILES string of the molecule is CCN(CC)S(=O)(=O)CCN=C(N)NC1CCCCCC1.I. The Morgan fingerprint density at radius 1 is 1.18 bits per heavy atom. The first-order chi connectivity index (χ1) is 9.99. The van der Waals surface area contributed by atoms with Crippen LogP contribution in [0.4, 0.5) is 0 Å². The van der Waals surface area contributed by atoms with Gasteiger partial charge in [-0.25, -0.2) is 12.7 Å². The van der Waals surface area contributed by atoms with Gasteiger partial charge in [-0.15, -0.1) is 24.0 Å². The van der Waals surface area contributed by atoms with Crippen molar-refractivity contribution in [1.82, 2.24) is 9.62 Å². The van der Waals surface area contributed by atoms with Crippen molar-refractivity contribution in [2.24, 2.45) is 10.7 Å². The van der Waals surface area contributed by atoms with E-state index in [1.54, 1.807) is 0 Å². The smallest absolute Gasteiger partial charge is 0.215 e. The third kappa shape index (κ3) is 7.96. The predicted molar refractivity (Wildman–Crippen MR) is 103 cm³/mol. The van der Waals surface area contributed by atoms with E-state index < -0.39 is 10.0 Å². The summed E-state index contributed by atoms with van der Waals surface area (Å²) in [6.45, 7) is 4.89. The lowest BCUT2D eigenvalue weighted by atomic mass is 10.1. The number of rotatable bonds is 7. The van der Waals surface area contributed by atoms with Crippen LogP contribution in [0, 0.1) is 0 Å². The van der Waals surface area contributed by atoms with E-state index in [0.717, 1.165) is 12.8 Å². The van der Waals surface area contributed by atoms with E-state index in [2.05, 4.69) is 10.3 Å². The van der Waals surface area contributed by atoms with Crippen LogP contribution < -0.4 is 11.1 Å². The monoisotopic (exact) mass is 446 g/mol. The average Bonchev–Trinajstić information content (AvgIpc) is 2.68. The number of halogens is 1. The van der Waals surface area contributed by atoms with Gasteiger partial charge in [-0.05, 0) is 12.8 Å². The summed E-state index contributed by atoms with van der Waals surface area (Å²) in [7, 11) is -3.21. The number of nitrogens with two attached hydrogens (primary N) is 1. The number of sulfonamides is 1. The molecule has 0 aromatic heterocycles. The zero-order valence-corrected chi connectivity index (χ0v) is 16.9. The van der Waals surface area contributed by atoms with E-state index in [4.69, 9.17) is 5.73 Å². The molecule has 0 aromatic carbocycles. The molecule has 0 aromatic rings. The minimum atomic E-state index is -3.21. The first kappa shape index (κ1) is 21.9. The summed E-state index contributed by atoms with van der Waals surface area (Å²) in [5, 5.41) is 3.22. The van der Waals surface area contributed by atoms with Gasteiger partial charge in [0.05, 0.1) is 12.3 Å². The molecular formula is C14H31IN4O2S. The Hall–Kier alpha value is -0.0900. The van der Waals surface area contributed by atoms with E-state index in [1.807, 2.05) is 13.8 Å². The van der Waals surface area contributed by atoms with Crippen LogP contribution >= 0.6 is 24.0 Å². The van der Waals surface area contributed by atoms with E-state index >= 15 is 0 Å². The molecule has 22 heavy (non-hydrogen) atoms. The Morgan fingerprint density at radius 3 is 2.23 bits per heavy atom. The molecule has 0 amide bonds. The lowest BCUT2D eigenvalue weighted by Gasteiger charge is -2.18. The van der Waals surface area contributed by atoms with Crippen LogP contribution in [-0.4, -0.2) is 50.1 Å². The molecule has 0 heterocycles. The fourth-order valence-corrected chi connectivity index (χ4v) is 4.07. The van der Waals surface area contributed by atoms with Crippen LogP contribution in [0.2, 0.25) is 0 Å². The summed E-state index contributed by atoms with van der Waals surface area (Å²) < 4.78 is 25.5. The van der Waals surface area contributed by atoms with Crippen molar-refractivity contribution in [1.29, 1.82) is 0 Å². The number of aliphatic imine (C=N–C) groups is 1. The Kier molecular flexibility index (Phi) is 11.4. The fraction of sp³-hybridized carbons (Fsp3) is 0.929. The molecule has 0 atom stereocenters. The minimum Gasteiger partial charge on any atom is -0.370 e. The Balaban J connectivity index is 0.00000441. The van der Waals surface area contributed by atoms with Gasteiger partial charge in [0, 0.05) is 19.1 Å². The maximum atomic E-state index is 12.0. The molecule has 3 N–H and O–H groups in total. The molecule has 1 fully saturated rings. The summed E-state index contributed by atoms with van der Waals surface area (Å²) in [4.78, 5) is 4.16. The Bertz CT molecular complexity index is 417. The lowest BCUT2D eigenvalue weighted by Crippen LogP contribution is -2.40. The van der Waals surface area contributed by atoms with E-state index in [0.29, 0.717) is 25.1 Å². The molecule has 0 radical (unpaired) electrons. The van der Waals surface area contributed by atoms with Crippen molar-refractivity contribution in [2.45, 2.75) is 58.4 Å². The van der Waals surface area contributed by atoms with E-state index in [-0.39, 0.29) is 36.3 Å². The lowest BCUT2D eigenvalue weighted by molar-refractivity contribution is 0.445. The number of nitrogens with one attached hydrogen (secondary N) is 1. The van der Waals surface area contributed by atoms with Crippen LogP contribution in [0.3, 0.4) is 0 Å². The molecule has 8 heteroatoms. The van der Waals surface area contributed by atoms with Gasteiger partial charge < -0.3 is 11.1 Å². The maximum absolute atomic E-state index is 12.0. The highest BCUT2D eigenvalue weighted by Gasteiger charge is 2.18. The summed E-state index contributed by atoms with van der Waals surface area (Å²) in [6, 6.07) is 0.385. The summed E-state index contributed by atoms with van der Waals surface area (Å²) in [5.74, 6) is 0.387. The summed E-state index contributed by atoms with van der Waals surface area (Å²) >= 11 is 0. The number of hydrogen-bond donors (Lipinski definition) is 2. The molecule has 0 unspecified atom stereocenters. The number of guanidine groups is 1. The van der Waals surface area contributed by atoms with Crippen molar-refractivity contribution >= 4 is 40.0 Å². The van der Waals surface area contributed by atoms with Gasteiger partial charge in [0.2, 0.25) is 10.0 Å². The Morgan fingerprint density at radius 2 is 1.73 bits per heavy atom. The first-order valence-corrected chi connectivity index (χ1v) is 9.64. The second kappa shape index (κ2) is 11.4. The second-order valence-electron chi connectivity index (χ2n) is 5.50. The summed E-state index contributed by atoms with van der Waals surface area (Å²) in [6.07, 6.45) is 7.26. The van der Waals surface area contributed by atoms with Crippen molar-refractivity contribution in [3.05, 3.63) is 0 Å². The topological polar surface area (TPSA) is 87.8 Å². The third-order valence-electron chi connectivity index (χ3n) is 3.94. The molecule has 0 saturated heterocycles. The predicted octanol–water partition coefficient (Wildman–Crippen LogP) is 1.90. The maximum Gasteiger partial charge on any atom is 0.215 e. The van der Waals surface area contributed by atoms with E-state index in [1.165, 1.54) is 30.0 Å². The van der Waals surface area contributed by atoms with Gasteiger partial charge in [0.25, 0.3) is 0 Å². The average molecular weight is 446 g/mol. The summed E-state index contributed by atoms with van der Waals surface area (Å²) in [5.41, 5.74) is 5.86. The molecule has 0 spiro atoms. The van der Waals surface area contributed by atoms with Crippen LogP contribution in [0.5, 0.6) is 0 Å². The normalized spacial score (nSPS) is 17.9. The van der Waals surface area contributed by atoms with Crippen molar-refractivity contribution in [2.75, 3.05) is 25.4 Å². The van der Waals surface area contributed by atoms with Gasteiger partial charge in [-0.1, -0.05) is 39.5 Å². The Labute approximate surface area is 152 Å². The zero-order chi connectivity index (χ0) is 15.7. The highest BCUT2D eigenvalue weighted by molar-refractivity contribution is 14.0. The van der Waals surface area contributed by atoms with E-state index in [9.17, 15) is 8.42 Å². The van der Waals surface area contributed by atoms with Crippen molar-refractivity contribution in [3.63, 3.8) is 0 Å². The molecule has 132 valence electrons. The van der Waals surface area contributed by atoms with Gasteiger partial charge in [-0.3, -0.25) is 4.99 Å². The minimum absolute atomic E-state index is 0. The first-order valence-electron chi connectivity index (χ1n) is 8.03. The molecule has 6 nitrogen and oxygen atoms in total. The molecule has 0 aliphatic heterocycles. The highest BCUT2D eigenvalue weighted by atomic mass is 127. The van der Waals surface area contributed by atoms with Crippen LogP contribution in [0.15, 0.2) is 4.99 Å². The quantitative estimate of drug-likeness (QED) is 0.271. The third-order valence-corrected chi connectivity index (χ3v) is 5.94. The zero-order valence-electron chi connectivity index (χ0n) is 13.8.